The van der Waals surface area contributed by atoms with Crippen molar-refractivity contribution in [1.29, 1.82) is 0 Å². The van der Waals surface area contributed by atoms with Gasteiger partial charge in [0.05, 0.1) is 0 Å². The number of ether oxygens (including phenoxy) is 1. The smallest absolute Gasteiger partial charge is 0.408 e. The van der Waals surface area contributed by atoms with Crippen LogP contribution in [0.3, 0.4) is 0 Å². The van der Waals surface area contributed by atoms with E-state index in [1.165, 1.54) is 0 Å². The predicted molar refractivity (Wildman–Crippen MR) is 121 cm³/mol. The lowest BCUT2D eigenvalue weighted by Crippen LogP contribution is -2.49. The van der Waals surface area contributed by atoms with Gasteiger partial charge in [-0.1, -0.05) is 37.1 Å². The summed E-state index contributed by atoms with van der Waals surface area (Å²) in [6, 6.07) is 5.22. The normalized spacial score (nSPS) is 14.5. The zero-order valence-electron chi connectivity index (χ0n) is 19.7. The van der Waals surface area contributed by atoms with Crippen LogP contribution in [-0.4, -0.2) is 47.5 Å². The van der Waals surface area contributed by atoms with Crippen LogP contribution in [0.1, 0.15) is 76.1 Å². The highest BCUT2D eigenvalue weighted by Crippen LogP contribution is 2.36. The van der Waals surface area contributed by atoms with E-state index in [4.69, 9.17) is 4.74 Å². The quantitative estimate of drug-likeness (QED) is 0.583. The van der Waals surface area contributed by atoms with Gasteiger partial charge in [0.1, 0.15) is 18.2 Å². The van der Waals surface area contributed by atoms with Crippen LogP contribution in [0.4, 0.5) is 4.79 Å². The Balaban J connectivity index is 2.27. The molecule has 172 valence electrons. The van der Waals surface area contributed by atoms with E-state index in [1.54, 1.807) is 25.7 Å². The molecule has 0 saturated heterocycles. The minimum absolute atomic E-state index is 0.00484. The van der Waals surface area contributed by atoms with E-state index < -0.39 is 17.7 Å². The Labute approximate surface area is 185 Å². The molecule has 7 heteroatoms. The number of aryl methyl sites for hydroxylation is 2. The maximum Gasteiger partial charge on any atom is 0.408 e. The summed E-state index contributed by atoms with van der Waals surface area (Å²) in [4.78, 5) is 40.2. The largest absolute Gasteiger partial charge is 0.444 e. The molecule has 1 saturated carbocycles. The fourth-order valence-corrected chi connectivity index (χ4v) is 3.42. The lowest BCUT2D eigenvalue weighted by Gasteiger charge is -2.33. The third-order valence-electron chi connectivity index (χ3n) is 5.10. The molecular weight excluding hydrogens is 394 g/mol. The zero-order chi connectivity index (χ0) is 23.2. The molecule has 1 aliphatic rings. The molecule has 1 atom stereocenters. The van der Waals surface area contributed by atoms with Crippen molar-refractivity contribution in [3.05, 3.63) is 34.9 Å². The standard InChI is InChI=1S/C24H37N3O4/c1-7-8-13-25-22(29)21(19-14-16(2)9-10-17(19)3)27(18-11-12-18)20(28)15-26-23(30)31-24(4,5)6/h9-10,14,18,21H,7-8,11-13,15H2,1-6H3,(H,25,29)(H,26,30). The van der Waals surface area contributed by atoms with Crippen LogP contribution in [0.15, 0.2) is 18.2 Å². The summed E-state index contributed by atoms with van der Waals surface area (Å²) in [6.07, 6.45) is 2.90. The van der Waals surface area contributed by atoms with Crippen molar-refractivity contribution in [2.45, 2.75) is 84.9 Å². The van der Waals surface area contributed by atoms with Crippen LogP contribution in [0.2, 0.25) is 0 Å². The average Bonchev–Trinajstić information content (AvgIpc) is 3.50. The Kier molecular flexibility index (Phi) is 8.48. The van der Waals surface area contributed by atoms with Crippen molar-refractivity contribution in [3.63, 3.8) is 0 Å². The Bertz CT molecular complexity index is 797. The molecule has 1 fully saturated rings. The van der Waals surface area contributed by atoms with Gasteiger partial charge in [-0.15, -0.1) is 0 Å². The number of carbonyl (C=O) groups is 3. The number of hydrogen-bond acceptors (Lipinski definition) is 4. The summed E-state index contributed by atoms with van der Waals surface area (Å²) in [7, 11) is 0. The van der Waals surface area contributed by atoms with E-state index in [2.05, 4.69) is 17.6 Å². The molecule has 31 heavy (non-hydrogen) atoms. The van der Waals surface area contributed by atoms with Crippen LogP contribution in [0, 0.1) is 13.8 Å². The van der Waals surface area contributed by atoms with Gasteiger partial charge in [-0.25, -0.2) is 4.79 Å². The summed E-state index contributed by atoms with van der Waals surface area (Å²) in [5.41, 5.74) is 2.16. The van der Waals surface area contributed by atoms with Gasteiger partial charge in [-0.3, -0.25) is 9.59 Å². The van der Waals surface area contributed by atoms with Gasteiger partial charge in [0, 0.05) is 12.6 Å². The summed E-state index contributed by atoms with van der Waals surface area (Å²) in [5.74, 6) is -0.468. The molecule has 1 unspecified atom stereocenters. The number of benzene rings is 1. The van der Waals surface area contributed by atoms with Crippen molar-refractivity contribution in [1.82, 2.24) is 15.5 Å². The monoisotopic (exact) mass is 431 g/mol. The Hall–Kier alpha value is -2.57. The van der Waals surface area contributed by atoms with Gasteiger partial charge < -0.3 is 20.3 Å². The number of alkyl carbamates (subject to hydrolysis) is 1. The van der Waals surface area contributed by atoms with E-state index in [9.17, 15) is 14.4 Å². The molecular formula is C24H37N3O4. The van der Waals surface area contributed by atoms with Crippen LogP contribution in [-0.2, 0) is 14.3 Å². The second kappa shape index (κ2) is 10.6. The second-order valence-corrected chi connectivity index (χ2v) is 9.29. The first kappa shape index (κ1) is 24.7. The fraction of sp³-hybridized carbons (Fsp3) is 0.625. The molecule has 0 spiro atoms. The van der Waals surface area contributed by atoms with Crippen molar-refractivity contribution in [3.8, 4) is 0 Å². The van der Waals surface area contributed by atoms with Crippen LogP contribution >= 0.6 is 0 Å². The molecule has 0 aliphatic heterocycles. The topological polar surface area (TPSA) is 87.7 Å². The number of nitrogens with one attached hydrogen (secondary N) is 2. The van der Waals surface area contributed by atoms with E-state index in [0.717, 1.165) is 42.4 Å². The van der Waals surface area contributed by atoms with Gasteiger partial charge >= 0.3 is 6.09 Å². The molecule has 7 nitrogen and oxygen atoms in total. The summed E-state index contributed by atoms with van der Waals surface area (Å²) < 4.78 is 5.24. The summed E-state index contributed by atoms with van der Waals surface area (Å²) in [5, 5.41) is 5.54. The third-order valence-corrected chi connectivity index (χ3v) is 5.10. The molecule has 0 bridgehead atoms. The Morgan fingerprint density at radius 2 is 1.84 bits per heavy atom. The number of carbonyl (C=O) groups excluding carboxylic acids is 3. The third kappa shape index (κ3) is 7.56. The molecule has 3 amide bonds. The summed E-state index contributed by atoms with van der Waals surface area (Å²) in [6.45, 7) is 11.6. The van der Waals surface area contributed by atoms with Crippen LogP contribution in [0.5, 0.6) is 0 Å². The highest BCUT2D eigenvalue weighted by Gasteiger charge is 2.41. The van der Waals surface area contributed by atoms with E-state index in [1.807, 2.05) is 32.0 Å². The second-order valence-electron chi connectivity index (χ2n) is 9.29. The maximum absolute atomic E-state index is 13.3. The minimum atomic E-state index is -0.725. The average molecular weight is 432 g/mol. The van der Waals surface area contributed by atoms with Crippen molar-refractivity contribution < 1.29 is 19.1 Å². The number of nitrogens with zero attached hydrogens (tertiary/aromatic N) is 1. The van der Waals surface area contributed by atoms with E-state index in [0.29, 0.717) is 6.54 Å². The Morgan fingerprint density at radius 1 is 1.16 bits per heavy atom. The number of hydrogen-bond donors (Lipinski definition) is 2. The molecule has 1 aliphatic carbocycles. The number of amides is 3. The van der Waals surface area contributed by atoms with Crippen LogP contribution < -0.4 is 10.6 Å². The highest BCUT2D eigenvalue weighted by atomic mass is 16.6. The van der Waals surface area contributed by atoms with Gasteiger partial charge in [-0.2, -0.15) is 0 Å². The first-order valence-corrected chi connectivity index (χ1v) is 11.2. The lowest BCUT2D eigenvalue weighted by molar-refractivity contribution is -0.140. The lowest BCUT2D eigenvalue weighted by atomic mass is 9.96. The van der Waals surface area contributed by atoms with E-state index in [-0.39, 0.29) is 24.4 Å². The van der Waals surface area contributed by atoms with E-state index >= 15 is 0 Å². The molecule has 1 aromatic carbocycles. The first-order valence-electron chi connectivity index (χ1n) is 11.2. The molecule has 1 aromatic rings. The van der Waals surface area contributed by atoms with Crippen molar-refractivity contribution in [2.24, 2.45) is 0 Å². The number of unbranched alkanes of at least 4 members (excludes halogenated alkanes) is 1. The predicted octanol–water partition coefficient (Wildman–Crippen LogP) is 3.78. The van der Waals surface area contributed by atoms with Gasteiger partial charge in [0.25, 0.3) is 0 Å². The SMILES string of the molecule is CCCCNC(=O)C(c1cc(C)ccc1C)N(C(=O)CNC(=O)OC(C)(C)C)C1CC1. The number of rotatable bonds is 9. The van der Waals surface area contributed by atoms with Gasteiger partial charge in [-0.05, 0) is 65.0 Å². The zero-order valence-corrected chi connectivity index (χ0v) is 19.7. The highest BCUT2D eigenvalue weighted by molar-refractivity contribution is 5.91. The van der Waals surface area contributed by atoms with Gasteiger partial charge in [0.2, 0.25) is 11.8 Å². The molecule has 0 radical (unpaired) electrons. The minimum Gasteiger partial charge on any atom is -0.444 e. The maximum atomic E-state index is 13.3. The van der Waals surface area contributed by atoms with Gasteiger partial charge in [0.15, 0.2) is 0 Å². The summed E-state index contributed by atoms with van der Waals surface area (Å²) >= 11 is 0. The van der Waals surface area contributed by atoms with Crippen molar-refractivity contribution in [2.75, 3.05) is 13.1 Å². The molecule has 2 N–H and O–H groups in total. The Morgan fingerprint density at radius 3 is 2.42 bits per heavy atom. The molecule has 2 rings (SSSR count). The molecule has 0 heterocycles. The first-order chi connectivity index (χ1) is 14.5. The molecule has 0 aromatic heterocycles. The fourth-order valence-electron chi connectivity index (χ4n) is 3.42. The van der Waals surface area contributed by atoms with Crippen LogP contribution in [0.25, 0.3) is 0 Å². The van der Waals surface area contributed by atoms with Crippen molar-refractivity contribution >= 4 is 17.9 Å².